The quantitative estimate of drug-likeness (QED) is 0.453. The minimum Gasteiger partial charge on any atom is -0.298 e. The minimum absolute atomic E-state index is 0.579. The van der Waals surface area contributed by atoms with E-state index >= 15 is 0 Å². The summed E-state index contributed by atoms with van der Waals surface area (Å²) in [6.45, 7) is 8.69. The van der Waals surface area contributed by atoms with Gasteiger partial charge in [-0.1, -0.05) is 33.8 Å². The van der Waals surface area contributed by atoms with Crippen LogP contribution in [0.4, 0.5) is 0 Å². The van der Waals surface area contributed by atoms with Gasteiger partial charge in [0.2, 0.25) is 0 Å². The van der Waals surface area contributed by atoms with Crippen molar-refractivity contribution in [1.29, 1.82) is 0 Å². The first-order valence-corrected chi connectivity index (χ1v) is 5.20. The van der Waals surface area contributed by atoms with E-state index in [4.69, 9.17) is 0 Å². The molecule has 0 aromatic heterocycles. The standard InChI is InChI=1S/C12H22O/c1-10(2)6-5-7-12(9-13)8-11(3)4/h7,9-11H,5-6,8H2,1-4H3/b12-7+. The van der Waals surface area contributed by atoms with Crippen LogP contribution in [0.2, 0.25) is 0 Å². The summed E-state index contributed by atoms with van der Waals surface area (Å²) < 4.78 is 0. The van der Waals surface area contributed by atoms with Gasteiger partial charge in [-0.2, -0.15) is 0 Å². The van der Waals surface area contributed by atoms with Gasteiger partial charge in [0.25, 0.3) is 0 Å². The Labute approximate surface area is 82.2 Å². The topological polar surface area (TPSA) is 17.1 Å². The van der Waals surface area contributed by atoms with Crippen molar-refractivity contribution in [3.05, 3.63) is 11.6 Å². The maximum Gasteiger partial charge on any atom is 0.145 e. The molecule has 0 bridgehead atoms. The number of aldehydes is 1. The lowest BCUT2D eigenvalue weighted by Gasteiger charge is -2.04. The van der Waals surface area contributed by atoms with Crippen molar-refractivity contribution >= 4 is 6.29 Å². The van der Waals surface area contributed by atoms with E-state index in [1.165, 1.54) is 6.42 Å². The highest BCUT2D eigenvalue weighted by atomic mass is 16.1. The molecule has 0 saturated heterocycles. The summed E-state index contributed by atoms with van der Waals surface area (Å²) in [7, 11) is 0. The third-order valence-corrected chi connectivity index (χ3v) is 1.95. The van der Waals surface area contributed by atoms with Gasteiger partial charge in [0, 0.05) is 0 Å². The molecule has 0 aliphatic heterocycles. The minimum atomic E-state index is 0.579. The molecule has 0 aromatic rings. The summed E-state index contributed by atoms with van der Waals surface area (Å²) in [5.74, 6) is 1.30. The van der Waals surface area contributed by atoms with Crippen LogP contribution in [0, 0.1) is 11.8 Å². The average molecular weight is 182 g/mol. The molecule has 0 saturated carbocycles. The number of rotatable bonds is 6. The molecule has 76 valence electrons. The monoisotopic (exact) mass is 182 g/mol. The Morgan fingerprint density at radius 3 is 2.15 bits per heavy atom. The summed E-state index contributed by atoms with van der Waals surface area (Å²) in [6, 6.07) is 0. The van der Waals surface area contributed by atoms with Gasteiger partial charge in [-0.15, -0.1) is 0 Å². The normalized spacial score (nSPS) is 12.6. The van der Waals surface area contributed by atoms with Gasteiger partial charge < -0.3 is 0 Å². The van der Waals surface area contributed by atoms with Crippen LogP contribution in [0.1, 0.15) is 47.0 Å². The molecule has 0 fully saturated rings. The number of carbonyl (C=O) groups is 1. The molecule has 0 radical (unpaired) electrons. The maximum absolute atomic E-state index is 10.6. The molecule has 1 nitrogen and oxygen atoms in total. The van der Waals surface area contributed by atoms with E-state index in [0.717, 1.165) is 30.6 Å². The zero-order chi connectivity index (χ0) is 10.3. The molecule has 0 spiro atoms. The smallest absolute Gasteiger partial charge is 0.145 e. The number of allylic oxidation sites excluding steroid dienone is 2. The van der Waals surface area contributed by atoms with Gasteiger partial charge in [-0.3, -0.25) is 4.79 Å². The first-order valence-electron chi connectivity index (χ1n) is 5.20. The van der Waals surface area contributed by atoms with Gasteiger partial charge in [0.05, 0.1) is 0 Å². The average Bonchev–Trinajstić information content (AvgIpc) is 2.01. The Bertz CT molecular complexity index is 166. The molecule has 0 aromatic carbocycles. The number of hydrogen-bond donors (Lipinski definition) is 0. The molecular formula is C12H22O. The van der Waals surface area contributed by atoms with Gasteiger partial charge >= 0.3 is 0 Å². The highest BCUT2D eigenvalue weighted by Crippen LogP contribution is 2.11. The van der Waals surface area contributed by atoms with Crippen molar-refractivity contribution < 1.29 is 4.79 Å². The Kier molecular flexibility index (Phi) is 6.56. The van der Waals surface area contributed by atoms with Crippen molar-refractivity contribution in [3.63, 3.8) is 0 Å². The van der Waals surface area contributed by atoms with E-state index in [1.54, 1.807) is 0 Å². The van der Waals surface area contributed by atoms with Crippen LogP contribution in [-0.2, 0) is 4.79 Å². The van der Waals surface area contributed by atoms with Crippen molar-refractivity contribution in [2.45, 2.75) is 47.0 Å². The van der Waals surface area contributed by atoms with Gasteiger partial charge in [0.15, 0.2) is 0 Å². The largest absolute Gasteiger partial charge is 0.298 e. The lowest BCUT2D eigenvalue weighted by molar-refractivity contribution is -0.105. The maximum atomic E-state index is 10.6. The molecule has 0 aliphatic rings. The Balaban J connectivity index is 3.85. The zero-order valence-electron chi connectivity index (χ0n) is 9.34. The second-order valence-corrected chi connectivity index (χ2v) is 4.47. The molecule has 0 N–H and O–H groups in total. The molecule has 1 heteroatoms. The zero-order valence-corrected chi connectivity index (χ0v) is 9.34. The highest BCUT2D eigenvalue weighted by Gasteiger charge is 1.99. The van der Waals surface area contributed by atoms with Gasteiger partial charge in [-0.25, -0.2) is 0 Å². The molecule has 13 heavy (non-hydrogen) atoms. The van der Waals surface area contributed by atoms with Crippen molar-refractivity contribution in [1.82, 2.24) is 0 Å². The van der Waals surface area contributed by atoms with E-state index in [1.807, 2.05) is 0 Å². The second kappa shape index (κ2) is 6.88. The van der Waals surface area contributed by atoms with E-state index < -0.39 is 0 Å². The SMILES string of the molecule is CC(C)CC/C=C(/C=O)CC(C)C. The molecule has 0 heterocycles. The lowest BCUT2D eigenvalue weighted by Crippen LogP contribution is -1.93. The van der Waals surface area contributed by atoms with E-state index in [2.05, 4.69) is 33.8 Å². The fourth-order valence-electron chi connectivity index (χ4n) is 1.25. The summed E-state index contributed by atoms with van der Waals surface area (Å²) in [4.78, 5) is 10.6. The summed E-state index contributed by atoms with van der Waals surface area (Å²) in [6.07, 6.45) is 6.23. The van der Waals surface area contributed by atoms with Crippen LogP contribution >= 0.6 is 0 Å². The van der Waals surface area contributed by atoms with E-state index in [-0.39, 0.29) is 0 Å². The van der Waals surface area contributed by atoms with Crippen LogP contribution in [0.5, 0.6) is 0 Å². The fourth-order valence-corrected chi connectivity index (χ4v) is 1.25. The Hall–Kier alpha value is -0.590. The van der Waals surface area contributed by atoms with Crippen LogP contribution in [0.15, 0.2) is 11.6 Å². The molecule has 0 unspecified atom stereocenters. The van der Waals surface area contributed by atoms with Crippen molar-refractivity contribution in [2.24, 2.45) is 11.8 Å². The van der Waals surface area contributed by atoms with E-state index in [0.29, 0.717) is 5.92 Å². The summed E-state index contributed by atoms with van der Waals surface area (Å²) in [5.41, 5.74) is 0.968. The fraction of sp³-hybridized carbons (Fsp3) is 0.750. The molecular weight excluding hydrogens is 160 g/mol. The number of carbonyl (C=O) groups excluding carboxylic acids is 1. The van der Waals surface area contributed by atoms with Crippen LogP contribution in [0.25, 0.3) is 0 Å². The van der Waals surface area contributed by atoms with Gasteiger partial charge in [-0.05, 0) is 36.7 Å². The van der Waals surface area contributed by atoms with Crippen molar-refractivity contribution in [2.75, 3.05) is 0 Å². The molecule has 0 rings (SSSR count). The third kappa shape index (κ3) is 7.76. The summed E-state index contributed by atoms with van der Waals surface area (Å²) >= 11 is 0. The predicted molar refractivity (Wildman–Crippen MR) is 57.7 cm³/mol. The van der Waals surface area contributed by atoms with Gasteiger partial charge in [0.1, 0.15) is 6.29 Å². The lowest BCUT2D eigenvalue weighted by atomic mass is 10.0. The van der Waals surface area contributed by atoms with E-state index in [9.17, 15) is 4.79 Å². The molecule has 0 aliphatic carbocycles. The third-order valence-electron chi connectivity index (χ3n) is 1.95. The Morgan fingerprint density at radius 2 is 1.77 bits per heavy atom. The Morgan fingerprint density at radius 1 is 1.15 bits per heavy atom. The predicted octanol–water partition coefficient (Wildman–Crippen LogP) is 3.59. The van der Waals surface area contributed by atoms with Crippen LogP contribution in [0.3, 0.4) is 0 Å². The second-order valence-electron chi connectivity index (χ2n) is 4.47. The van der Waals surface area contributed by atoms with Crippen LogP contribution in [-0.4, -0.2) is 6.29 Å². The molecule has 0 atom stereocenters. The van der Waals surface area contributed by atoms with Crippen LogP contribution < -0.4 is 0 Å². The highest BCUT2D eigenvalue weighted by molar-refractivity contribution is 5.72. The summed E-state index contributed by atoms with van der Waals surface area (Å²) in [5, 5.41) is 0. The first-order chi connectivity index (χ1) is 6.06. The first kappa shape index (κ1) is 12.4. The van der Waals surface area contributed by atoms with Crippen molar-refractivity contribution in [3.8, 4) is 0 Å². The number of hydrogen-bond acceptors (Lipinski definition) is 1. The molecule has 0 amide bonds.